The number of aromatic amines is 1. The van der Waals surface area contributed by atoms with Crippen molar-refractivity contribution in [3.05, 3.63) is 46.8 Å². The quantitative estimate of drug-likeness (QED) is 0.543. The number of aromatic nitrogens is 1. The number of amides is 2. The van der Waals surface area contributed by atoms with Gasteiger partial charge in [0, 0.05) is 45.0 Å². The summed E-state index contributed by atoms with van der Waals surface area (Å²) in [6.45, 7) is 0. The van der Waals surface area contributed by atoms with Crippen LogP contribution in [0.5, 0.6) is 11.5 Å². The number of carbonyl (C=O) groups is 2. The fourth-order valence-corrected chi connectivity index (χ4v) is 3.01. The van der Waals surface area contributed by atoms with Crippen LogP contribution in [-0.2, 0) is 0 Å². The van der Waals surface area contributed by atoms with E-state index >= 15 is 0 Å². The number of pyridine rings is 1. The smallest absolute Gasteiger partial charge is 0.414 e. The molecule has 9 heteroatoms. The largest absolute Gasteiger partial charge is 0.455 e. The van der Waals surface area contributed by atoms with Crippen LogP contribution in [0.4, 0.5) is 9.59 Å². The number of benzene rings is 2. The summed E-state index contributed by atoms with van der Waals surface area (Å²) in [4.78, 5) is 41.8. The van der Waals surface area contributed by atoms with E-state index in [1.807, 2.05) is 0 Å². The standard InChI is InChI=1S/C21H19N3O6/c1-23(2)20(26)28-11-6-8-15-14(9-11)18-17(19(25)22-15)13-7-5-12(10-16(13)30-18)29-21(27)24(3)4/h5-10H,1-4H3,(H,22,25). The summed E-state index contributed by atoms with van der Waals surface area (Å²) in [6, 6.07) is 9.68. The van der Waals surface area contributed by atoms with Gasteiger partial charge in [-0.3, -0.25) is 4.79 Å². The zero-order chi connectivity index (χ0) is 21.6. The molecule has 2 aromatic heterocycles. The number of carbonyl (C=O) groups excluding carboxylic acids is 2. The SMILES string of the molecule is CN(C)C(=O)Oc1ccc2c(c1)oc1c3cc(OC(=O)N(C)C)ccc3[nH]c(=O)c21. The van der Waals surface area contributed by atoms with Crippen LogP contribution in [0.25, 0.3) is 32.8 Å². The van der Waals surface area contributed by atoms with Crippen molar-refractivity contribution in [3.8, 4) is 11.5 Å². The van der Waals surface area contributed by atoms with Crippen LogP contribution in [0.2, 0.25) is 0 Å². The number of hydrogen-bond acceptors (Lipinski definition) is 6. The summed E-state index contributed by atoms with van der Waals surface area (Å²) in [5.74, 6) is 0.609. The van der Waals surface area contributed by atoms with Crippen molar-refractivity contribution < 1.29 is 23.5 Å². The molecule has 1 N–H and O–H groups in total. The Labute approximate surface area is 170 Å². The zero-order valence-corrected chi connectivity index (χ0v) is 16.8. The molecule has 0 spiro atoms. The minimum atomic E-state index is -0.527. The molecular formula is C21H19N3O6. The lowest BCUT2D eigenvalue weighted by Crippen LogP contribution is -2.25. The van der Waals surface area contributed by atoms with Crippen molar-refractivity contribution in [1.82, 2.24) is 14.8 Å². The monoisotopic (exact) mass is 409 g/mol. The van der Waals surface area contributed by atoms with Gasteiger partial charge < -0.3 is 28.7 Å². The van der Waals surface area contributed by atoms with Crippen LogP contribution in [0.1, 0.15) is 0 Å². The van der Waals surface area contributed by atoms with Gasteiger partial charge in [0.2, 0.25) is 0 Å². The molecule has 2 heterocycles. The van der Waals surface area contributed by atoms with Crippen molar-refractivity contribution in [2.75, 3.05) is 28.2 Å². The van der Waals surface area contributed by atoms with E-state index in [0.29, 0.717) is 44.3 Å². The summed E-state index contributed by atoms with van der Waals surface area (Å²) in [7, 11) is 6.32. The van der Waals surface area contributed by atoms with Crippen molar-refractivity contribution in [1.29, 1.82) is 0 Å². The predicted molar refractivity (Wildman–Crippen MR) is 111 cm³/mol. The molecule has 0 saturated carbocycles. The fraction of sp³-hybridized carbons (Fsp3) is 0.190. The fourth-order valence-electron chi connectivity index (χ4n) is 3.01. The number of hydrogen-bond donors (Lipinski definition) is 1. The lowest BCUT2D eigenvalue weighted by Gasteiger charge is -2.11. The molecule has 0 fully saturated rings. The molecule has 9 nitrogen and oxygen atoms in total. The Hall–Kier alpha value is -4.01. The summed E-state index contributed by atoms with van der Waals surface area (Å²) < 4.78 is 16.5. The molecule has 0 atom stereocenters. The first-order chi connectivity index (χ1) is 14.2. The summed E-state index contributed by atoms with van der Waals surface area (Å²) >= 11 is 0. The number of H-pyrrole nitrogens is 1. The molecule has 0 bridgehead atoms. The molecule has 2 aromatic carbocycles. The average molecular weight is 409 g/mol. The first-order valence-electron chi connectivity index (χ1n) is 9.05. The molecule has 0 radical (unpaired) electrons. The maximum Gasteiger partial charge on any atom is 0.414 e. The van der Waals surface area contributed by atoms with E-state index in [0.717, 1.165) is 0 Å². The number of fused-ring (bicyclic) bond motifs is 5. The summed E-state index contributed by atoms with van der Waals surface area (Å²) in [5, 5.41) is 1.52. The number of nitrogens with zero attached hydrogens (tertiary/aromatic N) is 2. The topological polar surface area (TPSA) is 105 Å². The minimum absolute atomic E-state index is 0.293. The van der Waals surface area contributed by atoms with E-state index in [-0.39, 0.29) is 5.56 Å². The Kier molecular flexibility index (Phi) is 4.57. The molecule has 4 aromatic rings. The van der Waals surface area contributed by atoms with Crippen molar-refractivity contribution in [2.45, 2.75) is 0 Å². The molecule has 0 unspecified atom stereocenters. The van der Waals surface area contributed by atoms with Crippen molar-refractivity contribution >= 4 is 45.0 Å². The highest BCUT2D eigenvalue weighted by atomic mass is 16.6. The Morgan fingerprint density at radius 1 is 0.867 bits per heavy atom. The van der Waals surface area contributed by atoms with Crippen LogP contribution in [0.15, 0.2) is 45.6 Å². The highest BCUT2D eigenvalue weighted by Crippen LogP contribution is 2.34. The Morgan fingerprint density at radius 2 is 1.47 bits per heavy atom. The van der Waals surface area contributed by atoms with E-state index in [1.54, 1.807) is 64.6 Å². The van der Waals surface area contributed by atoms with E-state index < -0.39 is 12.2 Å². The minimum Gasteiger partial charge on any atom is -0.455 e. The molecule has 0 aliphatic carbocycles. The molecule has 154 valence electrons. The molecule has 4 rings (SSSR count). The second-order valence-electron chi connectivity index (χ2n) is 7.15. The van der Waals surface area contributed by atoms with Crippen LogP contribution >= 0.6 is 0 Å². The van der Waals surface area contributed by atoms with Gasteiger partial charge in [0.1, 0.15) is 22.7 Å². The summed E-state index contributed by atoms with van der Waals surface area (Å²) in [5.41, 5.74) is 0.966. The highest BCUT2D eigenvalue weighted by Gasteiger charge is 2.17. The Balaban J connectivity index is 1.88. The molecule has 0 aliphatic heterocycles. The maximum atomic E-state index is 12.7. The van der Waals surface area contributed by atoms with Gasteiger partial charge in [-0.15, -0.1) is 0 Å². The Bertz CT molecular complexity index is 1370. The van der Waals surface area contributed by atoms with Gasteiger partial charge in [-0.2, -0.15) is 0 Å². The zero-order valence-electron chi connectivity index (χ0n) is 16.8. The van der Waals surface area contributed by atoms with Gasteiger partial charge in [0.05, 0.1) is 10.9 Å². The first-order valence-corrected chi connectivity index (χ1v) is 9.05. The van der Waals surface area contributed by atoms with Gasteiger partial charge in [-0.1, -0.05) is 0 Å². The van der Waals surface area contributed by atoms with Gasteiger partial charge >= 0.3 is 12.2 Å². The number of rotatable bonds is 2. The van der Waals surface area contributed by atoms with Gasteiger partial charge in [-0.25, -0.2) is 9.59 Å². The number of ether oxygens (including phenoxy) is 2. The van der Waals surface area contributed by atoms with Crippen LogP contribution < -0.4 is 15.0 Å². The molecule has 0 aliphatic rings. The van der Waals surface area contributed by atoms with Crippen LogP contribution in [-0.4, -0.2) is 55.2 Å². The van der Waals surface area contributed by atoms with Crippen LogP contribution in [0, 0.1) is 0 Å². The summed E-state index contributed by atoms with van der Waals surface area (Å²) in [6.07, 6.45) is -1.05. The van der Waals surface area contributed by atoms with Gasteiger partial charge in [0.25, 0.3) is 5.56 Å². The van der Waals surface area contributed by atoms with Crippen molar-refractivity contribution in [3.63, 3.8) is 0 Å². The normalized spacial score (nSPS) is 11.1. The first kappa shape index (κ1) is 19.3. The van der Waals surface area contributed by atoms with Crippen LogP contribution in [0.3, 0.4) is 0 Å². The lowest BCUT2D eigenvalue weighted by molar-refractivity contribution is 0.171. The van der Waals surface area contributed by atoms with E-state index in [2.05, 4.69) is 4.98 Å². The maximum absolute atomic E-state index is 12.7. The lowest BCUT2D eigenvalue weighted by atomic mass is 10.1. The van der Waals surface area contributed by atoms with E-state index in [9.17, 15) is 14.4 Å². The van der Waals surface area contributed by atoms with E-state index in [4.69, 9.17) is 13.9 Å². The molecule has 2 amide bonds. The predicted octanol–water partition coefficient (Wildman–Crippen LogP) is 3.55. The molecule has 0 saturated heterocycles. The average Bonchev–Trinajstić information content (AvgIpc) is 3.08. The number of nitrogens with one attached hydrogen (secondary N) is 1. The highest BCUT2D eigenvalue weighted by molar-refractivity contribution is 6.13. The second-order valence-corrected chi connectivity index (χ2v) is 7.15. The Morgan fingerprint density at radius 3 is 2.10 bits per heavy atom. The van der Waals surface area contributed by atoms with Gasteiger partial charge in [0.15, 0.2) is 0 Å². The van der Waals surface area contributed by atoms with Gasteiger partial charge in [-0.05, 0) is 30.3 Å². The number of furan rings is 1. The second kappa shape index (κ2) is 7.11. The van der Waals surface area contributed by atoms with E-state index in [1.165, 1.54) is 9.80 Å². The third kappa shape index (κ3) is 3.30. The molecule has 30 heavy (non-hydrogen) atoms. The third-order valence-electron chi connectivity index (χ3n) is 4.51. The molecular weight excluding hydrogens is 390 g/mol. The van der Waals surface area contributed by atoms with Crippen molar-refractivity contribution in [2.24, 2.45) is 0 Å². The third-order valence-corrected chi connectivity index (χ3v) is 4.51.